The molecule has 0 aromatic heterocycles. The molecular weight excluding hydrogens is 124 g/mol. The normalized spacial score (nSPS) is 11.9. The highest BCUT2D eigenvalue weighted by atomic mass is 15.1. The highest BCUT2D eigenvalue weighted by Gasteiger charge is 1.96. The zero-order chi connectivity index (χ0) is 8.15. The van der Waals surface area contributed by atoms with Gasteiger partial charge in [0.1, 0.15) is 0 Å². The van der Waals surface area contributed by atoms with Crippen LogP contribution in [0.25, 0.3) is 0 Å². The van der Waals surface area contributed by atoms with Gasteiger partial charge in [-0.1, -0.05) is 0 Å². The molecule has 0 aliphatic rings. The smallest absolute Gasteiger partial charge is 0.0523 e. The number of hydrogen-bond donors (Lipinski definition) is 0. The Morgan fingerprint density at radius 3 is 2.40 bits per heavy atom. The molecule has 0 aromatic carbocycles. The molecule has 0 amide bonds. The fourth-order valence-electron chi connectivity index (χ4n) is 0.485. The largest absolute Gasteiger partial charge is 0.377 e. The van der Waals surface area contributed by atoms with Gasteiger partial charge in [-0.25, -0.2) is 0 Å². The van der Waals surface area contributed by atoms with E-state index in [2.05, 4.69) is 30.5 Å². The molecule has 0 saturated carbocycles. The van der Waals surface area contributed by atoms with Gasteiger partial charge in [0, 0.05) is 19.3 Å². The predicted octanol–water partition coefficient (Wildman–Crippen LogP) is 1.89. The summed E-state index contributed by atoms with van der Waals surface area (Å²) in [6.07, 6.45) is 1.98. The average Bonchev–Trinajstić information content (AvgIpc) is 1.87. The first-order valence-corrected chi connectivity index (χ1v) is 3.45. The summed E-state index contributed by atoms with van der Waals surface area (Å²) in [5.41, 5.74) is 0.955. The molecule has 0 atom stereocenters. The Morgan fingerprint density at radius 2 is 2.10 bits per heavy atom. The minimum atomic E-state index is 0.525. The zero-order valence-electron chi connectivity index (χ0n) is 7.26. The van der Waals surface area contributed by atoms with Crippen LogP contribution in [0.15, 0.2) is 16.9 Å². The van der Waals surface area contributed by atoms with Crippen LogP contribution in [-0.4, -0.2) is 24.7 Å². The van der Waals surface area contributed by atoms with Crippen molar-refractivity contribution in [3.05, 3.63) is 11.9 Å². The van der Waals surface area contributed by atoms with Crippen LogP contribution in [0.1, 0.15) is 20.8 Å². The lowest BCUT2D eigenvalue weighted by molar-refractivity contribution is 0.373. The van der Waals surface area contributed by atoms with E-state index in [1.807, 2.05) is 20.2 Å². The van der Waals surface area contributed by atoms with Crippen molar-refractivity contribution in [3.8, 4) is 0 Å². The molecule has 0 radical (unpaired) electrons. The number of hydrogen-bond acceptors (Lipinski definition) is 2. The van der Waals surface area contributed by atoms with Gasteiger partial charge in [-0.05, 0) is 27.5 Å². The van der Waals surface area contributed by atoms with Crippen LogP contribution in [-0.2, 0) is 0 Å². The second-order valence-corrected chi connectivity index (χ2v) is 2.69. The lowest BCUT2D eigenvalue weighted by atomic mass is 10.3. The molecule has 2 nitrogen and oxygen atoms in total. The third-order valence-corrected chi connectivity index (χ3v) is 1.45. The Bertz CT molecular complexity index is 136. The summed E-state index contributed by atoms with van der Waals surface area (Å²) in [5, 5.41) is 0. The van der Waals surface area contributed by atoms with Crippen molar-refractivity contribution in [3.63, 3.8) is 0 Å². The minimum absolute atomic E-state index is 0.525. The van der Waals surface area contributed by atoms with Gasteiger partial charge in [-0.15, -0.1) is 0 Å². The third-order valence-electron chi connectivity index (χ3n) is 1.45. The standard InChI is InChI=1S/C8H16N2/c1-7(2)10(5)6-8(3)9-4/h6-7H,4H2,1-3,5H3/b8-6-. The summed E-state index contributed by atoms with van der Waals surface area (Å²) in [6.45, 7) is 9.63. The summed E-state index contributed by atoms with van der Waals surface area (Å²) < 4.78 is 0. The molecule has 0 aromatic rings. The van der Waals surface area contributed by atoms with Crippen LogP contribution in [0.2, 0.25) is 0 Å². The molecule has 0 bridgehead atoms. The van der Waals surface area contributed by atoms with Crippen molar-refractivity contribution in [1.82, 2.24) is 4.90 Å². The molecule has 0 spiro atoms. The molecule has 58 valence electrons. The highest BCUT2D eigenvalue weighted by Crippen LogP contribution is 1.99. The molecule has 0 heterocycles. The van der Waals surface area contributed by atoms with Gasteiger partial charge in [0.15, 0.2) is 0 Å². The number of aliphatic imine (C=N–C) groups is 1. The van der Waals surface area contributed by atoms with E-state index < -0.39 is 0 Å². The van der Waals surface area contributed by atoms with Crippen LogP contribution in [0.4, 0.5) is 0 Å². The summed E-state index contributed by atoms with van der Waals surface area (Å²) in [7, 11) is 2.03. The lowest BCUT2D eigenvalue weighted by Gasteiger charge is -2.18. The summed E-state index contributed by atoms with van der Waals surface area (Å²) in [5.74, 6) is 0. The van der Waals surface area contributed by atoms with Gasteiger partial charge in [-0.3, -0.25) is 4.99 Å². The predicted molar refractivity (Wildman–Crippen MR) is 46.2 cm³/mol. The third kappa shape index (κ3) is 3.28. The molecule has 10 heavy (non-hydrogen) atoms. The SMILES string of the molecule is C=N/C(C)=C\N(C)C(C)C. The summed E-state index contributed by atoms with van der Waals surface area (Å²) in [4.78, 5) is 5.88. The van der Waals surface area contributed by atoms with E-state index in [0.29, 0.717) is 6.04 Å². The van der Waals surface area contributed by atoms with Crippen molar-refractivity contribution < 1.29 is 0 Å². The number of rotatable bonds is 3. The van der Waals surface area contributed by atoms with Crippen LogP contribution >= 0.6 is 0 Å². The minimum Gasteiger partial charge on any atom is -0.377 e. The number of nitrogens with zero attached hydrogens (tertiary/aromatic N) is 2. The van der Waals surface area contributed by atoms with Crippen molar-refractivity contribution in [2.24, 2.45) is 4.99 Å². The molecule has 2 heteroatoms. The van der Waals surface area contributed by atoms with Gasteiger partial charge >= 0.3 is 0 Å². The van der Waals surface area contributed by atoms with Gasteiger partial charge in [-0.2, -0.15) is 0 Å². The fraction of sp³-hybridized carbons (Fsp3) is 0.625. The highest BCUT2D eigenvalue weighted by molar-refractivity contribution is 5.28. The second-order valence-electron chi connectivity index (χ2n) is 2.69. The van der Waals surface area contributed by atoms with Crippen molar-refractivity contribution in [2.45, 2.75) is 26.8 Å². The molecule has 0 saturated heterocycles. The van der Waals surface area contributed by atoms with E-state index >= 15 is 0 Å². The van der Waals surface area contributed by atoms with E-state index in [-0.39, 0.29) is 0 Å². The van der Waals surface area contributed by atoms with Gasteiger partial charge in [0.25, 0.3) is 0 Å². The first-order valence-electron chi connectivity index (χ1n) is 3.45. The monoisotopic (exact) mass is 140 g/mol. The van der Waals surface area contributed by atoms with E-state index in [4.69, 9.17) is 0 Å². The van der Waals surface area contributed by atoms with Crippen LogP contribution in [0.3, 0.4) is 0 Å². The Kier molecular flexibility index (Phi) is 3.77. The fourth-order valence-corrected chi connectivity index (χ4v) is 0.485. The number of allylic oxidation sites excluding steroid dienone is 1. The molecular formula is C8H16N2. The van der Waals surface area contributed by atoms with E-state index in [0.717, 1.165) is 5.70 Å². The van der Waals surface area contributed by atoms with Crippen molar-refractivity contribution in [2.75, 3.05) is 7.05 Å². The zero-order valence-corrected chi connectivity index (χ0v) is 7.26. The summed E-state index contributed by atoms with van der Waals surface area (Å²) >= 11 is 0. The first kappa shape index (κ1) is 9.21. The van der Waals surface area contributed by atoms with E-state index in [9.17, 15) is 0 Å². The van der Waals surface area contributed by atoms with Gasteiger partial charge in [0.05, 0.1) is 5.70 Å². The van der Waals surface area contributed by atoms with E-state index in [1.54, 1.807) is 0 Å². The Hall–Kier alpha value is -0.790. The maximum Gasteiger partial charge on any atom is 0.0523 e. The molecule has 0 fully saturated rings. The lowest BCUT2D eigenvalue weighted by Crippen LogP contribution is -2.20. The Balaban J connectivity index is 3.98. The first-order chi connectivity index (χ1) is 4.57. The second kappa shape index (κ2) is 4.09. The summed E-state index contributed by atoms with van der Waals surface area (Å²) in [6, 6.07) is 0.525. The van der Waals surface area contributed by atoms with E-state index in [1.165, 1.54) is 0 Å². The Labute approximate surface area is 63.3 Å². The van der Waals surface area contributed by atoms with Crippen LogP contribution in [0.5, 0.6) is 0 Å². The molecule has 0 unspecified atom stereocenters. The van der Waals surface area contributed by atoms with Gasteiger partial charge in [0.2, 0.25) is 0 Å². The van der Waals surface area contributed by atoms with Crippen LogP contribution in [0, 0.1) is 0 Å². The average molecular weight is 140 g/mol. The van der Waals surface area contributed by atoms with Gasteiger partial charge < -0.3 is 4.90 Å². The Morgan fingerprint density at radius 1 is 1.60 bits per heavy atom. The molecule has 0 rings (SSSR count). The maximum absolute atomic E-state index is 3.78. The van der Waals surface area contributed by atoms with Crippen molar-refractivity contribution >= 4 is 6.72 Å². The maximum atomic E-state index is 3.78. The quantitative estimate of drug-likeness (QED) is 0.546. The van der Waals surface area contributed by atoms with Crippen LogP contribution < -0.4 is 0 Å². The topological polar surface area (TPSA) is 15.6 Å². The van der Waals surface area contributed by atoms with Crippen molar-refractivity contribution in [1.29, 1.82) is 0 Å². The molecule has 0 aliphatic heterocycles. The molecule has 0 N–H and O–H groups in total. The molecule has 0 aliphatic carbocycles.